The van der Waals surface area contributed by atoms with Crippen LogP contribution >= 0.6 is 0 Å². The number of sulfonamides is 1. The van der Waals surface area contributed by atoms with E-state index in [-0.39, 0.29) is 17.3 Å². The standard InChI is InChI=1S/C32H41N3O4S/c1-8-27-11-9-10-12-29(27)35(40(38,39)28-19-15-24(3)16-20-28)22-30(36)34(21-26-17-13-23(2)14-18-26)25(4)31(37)33-32(5,6)7/h9-20,25H,8,21-22H2,1-7H3,(H,33,37)/t25-/m0/s1. The second kappa shape index (κ2) is 12.7. The van der Waals surface area contributed by atoms with Crippen molar-refractivity contribution in [3.8, 4) is 0 Å². The molecule has 0 aliphatic heterocycles. The second-order valence-electron chi connectivity index (χ2n) is 11.2. The molecule has 1 N–H and O–H groups in total. The molecule has 2 amide bonds. The van der Waals surface area contributed by atoms with Crippen LogP contribution in [0.1, 0.15) is 56.9 Å². The van der Waals surface area contributed by atoms with E-state index in [1.807, 2.05) is 77.9 Å². The van der Waals surface area contributed by atoms with Gasteiger partial charge >= 0.3 is 0 Å². The van der Waals surface area contributed by atoms with Gasteiger partial charge in [0.1, 0.15) is 12.6 Å². The number of hydrogen-bond acceptors (Lipinski definition) is 4. The fourth-order valence-electron chi connectivity index (χ4n) is 4.35. The molecule has 7 nitrogen and oxygen atoms in total. The average molecular weight is 564 g/mol. The summed E-state index contributed by atoms with van der Waals surface area (Å²) >= 11 is 0. The quantitative estimate of drug-likeness (QED) is 0.358. The maximum Gasteiger partial charge on any atom is 0.264 e. The van der Waals surface area contributed by atoms with E-state index >= 15 is 0 Å². The molecule has 3 rings (SSSR count). The molecule has 0 aliphatic carbocycles. The Morgan fingerprint density at radius 1 is 0.875 bits per heavy atom. The lowest BCUT2D eigenvalue weighted by Crippen LogP contribution is -2.54. The van der Waals surface area contributed by atoms with Gasteiger partial charge in [0.2, 0.25) is 11.8 Å². The zero-order valence-corrected chi connectivity index (χ0v) is 25.4. The first-order chi connectivity index (χ1) is 18.7. The van der Waals surface area contributed by atoms with Gasteiger partial charge in [0.25, 0.3) is 10.0 Å². The van der Waals surface area contributed by atoms with Crippen molar-refractivity contribution in [3.05, 3.63) is 95.1 Å². The first-order valence-electron chi connectivity index (χ1n) is 13.6. The first kappa shape index (κ1) is 30.9. The third-order valence-electron chi connectivity index (χ3n) is 6.67. The van der Waals surface area contributed by atoms with Crippen LogP contribution in [-0.4, -0.2) is 43.3 Å². The Morgan fingerprint density at radius 2 is 1.43 bits per heavy atom. The Morgan fingerprint density at radius 3 is 1.98 bits per heavy atom. The number of rotatable bonds is 10. The van der Waals surface area contributed by atoms with Crippen molar-refractivity contribution in [1.82, 2.24) is 10.2 Å². The third kappa shape index (κ3) is 7.72. The van der Waals surface area contributed by atoms with E-state index in [0.717, 1.165) is 22.3 Å². The lowest BCUT2D eigenvalue weighted by Gasteiger charge is -2.34. The number of carbonyl (C=O) groups excluding carboxylic acids is 2. The van der Waals surface area contributed by atoms with Crippen LogP contribution in [0.25, 0.3) is 0 Å². The smallest absolute Gasteiger partial charge is 0.264 e. The summed E-state index contributed by atoms with van der Waals surface area (Å²) in [6.45, 7) is 12.8. The van der Waals surface area contributed by atoms with E-state index in [0.29, 0.717) is 12.1 Å². The molecular formula is C32H41N3O4S. The summed E-state index contributed by atoms with van der Waals surface area (Å²) in [5.41, 5.74) is 3.60. The van der Waals surface area contributed by atoms with E-state index in [1.54, 1.807) is 43.3 Å². The van der Waals surface area contributed by atoms with Gasteiger partial charge in [-0.2, -0.15) is 0 Å². The topological polar surface area (TPSA) is 86.8 Å². The molecule has 0 saturated carbocycles. The maximum atomic E-state index is 14.1. The highest BCUT2D eigenvalue weighted by Gasteiger charge is 2.34. The Kier molecular flexibility index (Phi) is 9.79. The largest absolute Gasteiger partial charge is 0.350 e. The minimum atomic E-state index is -4.10. The van der Waals surface area contributed by atoms with Gasteiger partial charge < -0.3 is 10.2 Å². The molecule has 40 heavy (non-hydrogen) atoms. The van der Waals surface area contributed by atoms with Crippen molar-refractivity contribution in [2.45, 2.75) is 77.9 Å². The van der Waals surface area contributed by atoms with Crippen LogP contribution in [0.15, 0.2) is 77.7 Å². The molecule has 3 aromatic rings. The highest BCUT2D eigenvalue weighted by Crippen LogP contribution is 2.28. The molecule has 0 spiro atoms. The van der Waals surface area contributed by atoms with Crippen LogP contribution in [-0.2, 0) is 32.6 Å². The molecule has 0 saturated heterocycles. The number of hydrogen-bond donors (Lipinski definition) is 1. The number of carbonyl (C=O) groups is 2. The van der Waals surface area contributed by atoms with Gasteiger partial charge in [0, 0.05) is 12.1 Å². The van der Waals surface area contributed by atoms with E-state index in [4.69, 9.17) is 0 Å². The van der Waals surface area contributed by atoms with Crippen molar-refractivity contribution in [3.63, 3.8) is 0 Å². The summed E-state index contributed by atoms with van der Waals surface area (Å²) in [7, 11) is -4.10. The number of amides is 2. The highest BCUT2D eigenvalue weighted by molar-refractivity contribution is 7.92. The summed E-state index contributed by atoms with van der Waals surface area (Å²) in [4.78, 5) is 28.9. The summed E-state index contributed by atoms with van der Waals surface area (Å²) in [5, 5.41) is 2.95. The average Bonchev–Trinajstić information content (AvgIpc) is 2.90. The molecule has 0 bridgehead atoms. The predicted molar refractivity (Wildman–Crippen MR) is 161 cm³/mol. The van der Waals surface area contributed by atoms with Crippen molar-refractivity contribution >= 4 is 27.5 Å². The fraction of sp³-hybridized carbons (Fsp3) is 0.375. The van der Waals surface area contributed by atoms with Crippen LogP contribution in [0.3, 0.4) is 0 Å². The minimum absolute atomic E-state index is 0.0976. The van der Waals surface area contributed by atoms with E-state index in [1.165, 1.54) is 9.21 Å². The van der Waals surface area contributed by atoms with Crippen LogP contribution < -0.4 is 9.62 Å². The normalized spacial score (nSPS) is 12.5. The number of para-hydroxylation sites is 1. The molecule has 0 aromatic heterocycles. The summed E-state index contributed by atoms with van der Waals surface area (Å²) in [6, 6.07) is 20.7. The number of nitrogens with one attached hydrogen (secondary N) is 1. The van der Waals surface area contributed by atoms with Crippen LogP contribution in [0.2, 0.25) is 0 Å². The van der Waals surface area contributed by atoms with E-state index < -0.39 is 34.1 Å². The SMILES string of the molecule is CCc1ccccc1N(CC(=O)N(Cc1ccc(C)cc1)[C@@H](C)C(=O)NC(C)(C)C)S(=O)(=O)c1ccc(C)cc1. The van der Waals surface area contributed by atoms with E-state index in [2.05, 4.69) is 5.32 Å². The number of aryl methyl sites for hydroxylation is 3. The molecule has 8 heteroatoms. The molecule has 3 aromatic carbocycles. The lowest BCUT2D eigenvalue weighted by molar-refractivity contribution is -0.140. The Bertz CT molecular complexity index is 1430. The van der Waals surface area contributed by atoms with Gasteiger partial charge in [0.15, 0.2) is 0 Å². The molecule has 0 heterocycles. The minimum Gasteiger partial charge on any atom is -0.350 e. The maximum absolute atomic E-state index is 14.1. The second-order valence-corrected chi connectivity index (χ2v) is 13.1. The predicted octanol–water partition coefficient (Wildman–Crippen LogP) is 5.39. The van der Waals surface area contributed by atoms with Crippen LogP contribution in [0, 0.1) is 13.8 Å². The summed E-state index contributed by atoms with van der Waals surface area (Å²) in [5.74, 6) is -0.784. The van der Waals surface area contributed by atoms with Crippen molar-refractivity contribution in [1.29, 1.82) is 0 Å². The molecule has 0 aliphatic rings. The highest BCUT2D eigenvalue weighted by atomic mass is 32.2. The van der Waals surface area contributed by atoms with Gasteiger partial charge in [-0.25, -0.2) is 8.42 Å². The zero-order chi connectivity index (χ0) is 29.7. The van der Waals surface area contributed by atoms with Gasteiger partial charge in [0.05, 0.1) is 10.6 Å². The monoisotopic (exact) mass is 563 g/mol. The molecule has 0 fully saturated rings. The first-order valence-corrected chi connectivity index (χ1v) is 15.0. The van der Waals surface area contributed by atoms with E-state index in [9.17, 15) is 18.0 Å². The van der Waals surface area contributed by atoms with Crippen molar-refractivity contribution in [2.75, 3.05) is 10.8 Å². The van der Waals surface area contributed by atoms with Crippen molar-refractivity contribution in [2.24, 2.45) is 0 Å². The summed E-state index contributed by atoms with van der Waals surface area (Å²) in [6.07, 6.45) is 0.585. The lowest BCUT2D eigenvalue weighted by atomic mass is 10.1. The molecule has 0 unspecified atom stereocenters. The van der Waals surface area contributed by atoms with Gasteiger partial charge in [-0.05, 0) is 77.3 Å². The van der Waals surface area contributed by atoms with Gasteiger partial charge in [-0.3, -0.25) is 13.9 Å². The van der Waals surface area contributed by atoms with Crippen molar-refractivity contribution < 1.29 is 18.0 Å². The fourth-order valence-corrected chi connectivity index (χ4v) is 5.80. The Hall–Kier alpha value is -3.65. The number of anilines is 1. The number of benzene rings is 3. The molecule has 214 valence electrons. The third-order valence-corrected chi connectivity index (χ3v) is 8.44. The molecule has 1 atom stereocenters. The van der Waals surface area contributed by atoms with Gasteiger partial charge in [-0.1, -0.05) is 72.6 Å². The van der Waals surface area contributed by atoms with Gasteiger partial charge in [-0.15, -0.1) is 0 Å². The summed E-state index contributed by atoms with van der Waals surface area (Å²) < 4.78 is 29.2. The number of nitrogens with zero attached hydrogens (tertiary/aromatic N) is 2. The molecular weight excluding hydrogens is 522 g/mol. The van der Waals surface area contributed by atoms with Crippen LogP contribution in [0.5, 0.6) is 0 Å². The zero-order valence-electron chi connectivity index (χ0n) is 24.6. The Balaban J connectivity index is 2.07. The molecule has 0 radical (unpaired) electrons. The van der Waals surface area contributed by atoms with Crippen LogP contribution in [0.4, 0.5) is 5.69 Å². The Labute approximate surface area is 239 Å².